The normalized spacial score (nSPS) is 10.5. The third-order valence-corrected chi connectivity index (χ3v) is 3.17. The van der Waals surface area contributed by atoms with Crippen molar-refractivity contribution in [1.29, 1.82) is 0 Å². The molecule has 0 aliphatic rings. The number of fused-ring (bicyclic) bond motifs is 1. The van der Waals surface area contributed by atoms with E-state index in [9.17, 15) is 9.90 Å². The Labute approximate surface area is 110 Å². The number of carbonyl (C=O) groups excluding carboxylic acids is 1. The molecule has 0 fully saturated rings. The zero-order valence-corrected chi connectivity index (χ0v) is 10.2. The molecule has 0 radical (unpaired) electrons. The highest BCUT2D eigenvalue weighted by molar-refractivity contribution is 6.18. The lowest BCUT2D eigenvalue weighted by Gasteiger charge is -2.08. The molecule has 92 valence electrons. The molecule has 19 heavy (non-hydrogen) atoms. The summed E-state index contributed by atoms with van der Waals surface area (Å²) in [4.78, 5) is 12.5. The molecule has 0 saturated carbocycles. The molecule has 0 heterocycles. The Morgan fingerprint density at radius 3 is 2.26 bits per heavy atom. The van der Waals surface area contributed by atoms with Crippen molar-refractivity contribution in [1.82, 2.24) is 0 Å². The largest absolute Gasteiger partial charge is 0.507 e. The zero-order chi connectivity index (χ0) is 13.2. The fourth-order valence-corrected chi connectivity index (χ4v) is 2.23. The van der Waals surface area contributed by atoms with Gasteiger partial charge in [0.2, 0.25) is 0 Å². The lowest BCUT2D eigenvalue weighted by molar-refractivity contribution is 0.103. The second-order valence-electron chi connectivity index (χ2n) is 4.38. The van der Waals surface area contributed by atoms with Gasteiger partial charge in [-0.05, 0) is 16.8 Å². The van der Waals surface area contributed by atoms with Gasteiger partial charge in [0.15, 0.2) is 5.78 Å². The van der Waals surface area contributed by atoms with Crippen molar-refractivity contribution < 1.29 is 9.90 Å². The second-order valence-corrected chi connectivity index (χ2v) is 4.38. The lowest BCUT2D eigenvalue weighted by atomic mass is 9.96. The average Bonchev–Trinajstić information content (AvgIpc) is 2.47. The van der Waals surface area contributed by atoms with Crippen molar-refractivity contribution in [3.63, 3.8) is 0 Å². The van der Waals surface area contributed by atoms with Crippen LogP contribution < -0.4 is 0 Å². The van der Waals surface area contributed by atoms with E-state index in [1.807, 2.05) is 48.5 Å². The maximum Gasteiger partial charge on any atom is 0.197 e. The molecular weight excluding hydrogens is 236 g/mol. The van der Waals surface area contributed by atoms with Gasteiger partial charge in [-0.3, -0.25) is 4.79 Å². The summed E-state index contributed by atoms with van der Waals surface area (Å²) in [6.45, 7) is 0. The fourth-order valence-electron chi connectivity index (χ4n) is 2.23. The fraction of sp³-hybridized carbons (Fsp3) is 0. The van der Waals surface area contributed by atoms with Gasteiger partial charge >= 0.3 is 0 Å². The number of hydrogen-bond donors (Lipinski definition) is 1. The van der Waals surface area contributed by atoms with Crippen LogP contribution in [0.4, 0.5) is 0 Å². The van der Waals surface area contributed by atoms with E-state index < -0.39 is 0 Å². The summed E-state index contributed by atoms with van der Waals surface area (Å²) in [5.41, 5.74) is 0.943. The summed E-state index contributed by atoms with van der Waals surface area (Å²) in [5, 5.41) is 11.7. The van der Waals surface area contributed by atoms with Crippen molar-refractivity contribution >= 4 is 16.6 Å². The average molecular weight is 248 g/mol. The van der Waals surface area contributed by atoms with Crippen molar-refractivity contribution in [2.75, 3.05) is 0 Å². The lowest BCUT2D eigenvalue weighted by Crippen LogP contribution is -2.02. The molecule has 0 aliphatic heterocycles. The van der Waals surface area contributed by atoms with Crippen LogP contribution in [-0.2, 0) is 0 Å². The molecule has 0 aliphatic carbocycles. The summed E-state index contributed by atoms with van der Waals surface area (Å²) in [6, 6.07) is 19.9. The smallest absolute Gasteiger partial charge is 0.197 e. The van der Waals surface area contributed by atoms with Gasteiger partial charge in [-0.15, -0.1) is 0 Å². The Kier molecular flexibility index (Phi) is 2.76. The van der Waals surface area contributed by atoms with E-state index in [0.29, 0.717) is 11.1 Å². The van der Waals surface area contributed by atoms with Crippen molar-refractivity contribution in [2.24, 2.45) is 0 Å². The van der Waals surface area contributed by atoms with Gasteiger partial charge < -0.3 is 5.11 Å². The number of aromatic hydroxyl groups is 1. The van der Waals surface area contributed by atoms with Crippen LogP contribution in [0.1, 0.15) is 15.9 Å². The molecule has 0 atom stereocenters. The third kappa shape index (κ3) is 1.97. The third-order valence-electron chi connectivity index (χ3n) is 3.17. The summed E-state index contributed by atoms with van der Waals surface area (Å²) in [7, 11) is 0. The number of rotatable bonds is 2. The highest BCUT2D eigenvalue weighted by Gasteiger charge is 2.16. The van der Waals surface area contributed by atoms with Crippen LogP contribution in [0, 0.1) is 0 Å². The topological polar surface area (TPSA) is 37.3 Å². The van der Waals surface area contributed by atoms with Gasteiger partial charge in [0.05, 0.1) is 5.56 Å². The van der Waals surface area contributed by atoms with E-state index in [1.54, 1.807) is 18.2 Å². The maximum absolute atomic E-state index is 12.5. The molecule has 2 nitrogen and oxygen atoms in total. The van der Waals surface area contributed by atoms with Crippen LogP contribution in [0.2, 0.25) is 0 Å². The monoisotopic (exact) mass is 248 g/mol. The van der Waals surface area contributed by atoms with Gasteiger partial charge in [0, 0.05) is 5.56 Å². The van der Waals surface area contributed by atoms with E-state index in [4.69, 9.17) is 0 Å². The minimum Gasteiger partial charge on any atom is -0.507 e. The first kappa shape index (κ1) is 11.5. The molecule has 3 aromatic carbocycles. The van der Waals surface area contributed by atoms with E-state index in [0.717, 1.165) is 10.8 Å². The van der Waals surface area contributed by atoms with Gasteiger partial charge in [0.1, 0.15) is 5.75 Å². The minimum atomic E-state index is -0.157. The SMILES string of the molecule is O=C(c1ccccc1)c1c(O)ccc2ccccc12. The van der Waals surface area contributed by atoms with E-state index >= 15 is 0 Å². The number of ketones is 1. The number of phenols is 1. The van der Waals surface area contributed by atoms with Gasteiger partial charge in [-0.25, -0.2) is 0 Å². The van der Waals surface area contributed by atoms with Crippen molar-refractivity contribution in [2.45, 2.75) is 0 Å². The predicted octanol–water partition coefficient (Wildman–Crippen LogP) is 3.78. The first-order valence-corrected chi connectivity index (χ1v) is 6.08. The van der Waals surface area contributed by atoms with Gasteiger partial charge in [-0.1, -0.05) is 60.7 Å². The van der Waals surface area contributed by atoms with Gasteiger partial charge in [0.25, 0.3) is 0 Å². The molecule has 1 N–H and O–H groups in total. The highest BCUT2D eigenvalue weighted by Crippen LogP contribution is 2.29. The standard InChI is InChI=1S/C17H12O2/c18-15-11-10-12-6-4-5-9-14(12)16(15)17(19)13-7-2-1-3-8-13/h1-11,18H. The number of phenolic OH excluding ortho intramolecular Hbond substituents is 1. The first-order valence-electron chi connectivity index (χ1n) is 6.08. The molecule has 0 amide bonds. The van der Waals surface area contributed by atoms with Crippen molar-refractivity contribution in [3.8, 4) is 5.75 Å². The van der Waals surface area contributed by atoms with Crippen LogP contribution in [-0.4, -0.2) is 10.9 Å². The Balaban J connectivity index is 2.25. The van der Waals surface area contributed by atoms with Crippen LogP contribution in [0.3, 0.4) is 0 Å². The number of benzene rings is 3. The zero-order valence-electron chi connectivity index (χ0n) is 10.2. The van der Waals surface area contributed by atoms with Crippen LogP contribution in [0.5, 0.6) is 5.75 Å². The Morgan fingerprint density at radius 2 is 1.47 bits per heavy atom. The van der Waals surface area contributed by atoms with Crippen LogP contribution in [0.25, 0.3) is 10.8 Å². The van der Waals surface area contributed by atoms with E-state index in [-0.39, 0.29) is 11.5 Å². The molecule has 0 spiro atoms. The predicted molar refractivity (Wildman–Crippen MR) is 75.5 cm³/mol. The summed E-state index contributed by atoms with van der Waals surface area (Å²) in [6.07, 6.45) is 0. The van der Waals surface area contributed by atoms with E-state index in [2.05, 4.69) is 0 Å². The molecule has 3 rings (SSSR count). The molecule has 0 aromatic heterocycles. The number of hydrogen-bond acceptors (Lipinski definition) is 2. The molecular formula is C17H12O2. The molecule has 3 aromatic rings. The first-order chi connectivity index (χ1) is 9.27. The summed E-state index contributed by atoms with van der Waals surface area (Å²) >= 11 is 0. The Bertz CT molecular complexity index is 746. The quantitative estimate of drug-likeness (QED) is 0.701. The van der Waals surface area contributed by atoms with Gasteiger partial charge in [-0.2, -0.15) is 0 Å². The molecule has 0 bridgehead atoms. The highest BCUT2D eigenvalue weighted by atomic mass is 16.3. The molecule has 0 unspecified atom stereocenters. The van der Waals surface area contributed by atoms with Crippen LogP contribution >= 0.6 is 0 Å². The number of carbonyl (C=O) groups is 1. The molecule has 0 saturated heterocycles. The Hall–Kier alpha value is -2.61. The van der Waals surface area contributed by atoms with Crippen molar-refractivity contribution in [3.05, 3.63) is 77.9 Å². The molecule has 2 heteroatoms. The summed E-state index contributed by atoms with van der Waals surface area (Å²) in [5.74, 6) is -0.137. The summed E-state index contributed by atoms with van der Waals surface area (Å²) < 4.78 is 0. The maximum atomic E-state index is 12.5. The van der Waals surface area contributed by atoms with Crippen LogP contribution in [0.15, 0.2) is 66.7 Å². The Morgan fingerprint density at radius 1 is 0.789 bits per heavy atom. The van der Waals surface area contributed by atoms with E-state index in [1.165, 1.54) is 0 Å². The second kappa shape index (κ2) is 4.58. The minimum absolute atomic E-state index is 0.0209.